The van der Waals surface area contributed by atoms with E-state index in [0.29, 0.717) is 0 Å². The average Bonchev–Trinajstić information content (AvgIpc) is 2.41. The smallest absolute Gasteiger partial charge is 0.337 e. The number of rotatable bonds is 4. The quantitative estimate of drug-likeness (QED) is 0.877. The highest BCUT2D eigenvalue weighted by Gasteiger charge is 2.15. The molecule has 0 bridgehead atoms. The molecular formula is C15H14FNO2. The van der Waals surface area contributed by atoms with Crippen molar-refractivity contribution in [1.29, 1.82) is 0 Å². The van der Waals surface area contributed by atoms with E-state index in [-0.39, 0.29) is 11.3 Å². The van der Waals surface area contributed by atoms with Gasteiger partial charge < -0.3 is 10.4 Å². The van der Waals surface area contributed by atoms with Crippen LogP contribution in [-0.2, 0) is 6.42 Å². The molecule has 2 N–H and O–H groups in total. The number of anilines is 2. The summed E-state index contributed by atoms with van der Waals surface area (Å²) in [5, 5.41) is 12.0. The summed E-state index contributed by atoms with van der Waals surface area (Å²) in [6.45, 7) is 1.99. The number of para-hydroxylation sites is 2. The molecule has 0 saturated carbocycles. The Labute approximate surface area is 110 Å². The van der Waals surface area contributed by atoms with Crippen LogP contribution in [0.1, 0.15) is 22.8 Å². The highest BCUT2D eigenvalue weighted by molar-refractivity contribution is 5.95. The van der Waals surface area contributed by atoms with Gasteiger partial charge in [-0.1, -0.05) is 31.2 Å². The van der Waals surface area contributed by atoms with E-state index in [1.165, 1.54) is 18.2 Å². The molecule has 2 aromatic rings. The van der Waals surface area contributed by atoms with Gasteiger partial charge in [-0.15, -0.1) is 0 Å². The predicted molar refractivity (Wildman–Crippen MR) is 72.5 cm³/mol. The van der Waals surface area contributed by atoms with Crippen molar-refractivity contribution in [2.24, 2.45) is 0 Å². The van der Waals surface area contributed by atoms with Crippen LogP contribution < -0.4 is 5.32 Å². The van der Waals surface area contributed by atoms with Crippen molar-refractivity contribution in [2.75, 3.05) is 5.32 Å². The number of hydrogen-bond acceptors (Lipinski definition) is 2. The minimum atomic E-state index is -1.16. The molecule has 0 spiro atoms. The van der Waals surface area contributed by atoms with Crippen molar-refractivity contribution in [3.05, 3.63) is 59.4 Å². The van der Waals surface area contributed by atoms with E-state index in [4.69, 9.17) is 5.11 Å². The molecule has 19 heavy (non-hydrogen) atoms. The maximum Gasteiger partial charge on any atom is 0.337 e. The number of carbonyl (C=O) groups is 1. The van der Waals surface area contributed by atoms with Gasteiger partial charge in [0.1, 0.15) is 5.82 Å². The van der Waals surface area contributed by atoms with Gasteiger partial charge in [0, 0.05) is 5.69 Å². The fourth-order valence-electron chi connectivity index (χ4n) is 1.91. The van der Waals surface area contributed by atoms with E-state index in [2.05, 4.69) is 5.32 Å². The molecule has 0 amide bonds. The molecule has 0 unspecified atom stereocenters. The average molecular weight is 259 g/mol. The SMILES string of the molecule is CCc1ccccc1Nc1c(F)cccc1C(=O)O. The van der Waals surface area contributed by atoms with Crippen molar-refractivity contribution in [2.45, 2.75) is 13.3 Å². The normalized spacial score (nSPS) is 10.2. The maximum absolute atomic E-state index is 13.8. The number of hydrogen-bond donors (Lipinski definition) is 2. The molecule has 0 aliphatic heterocycles. The van der Waals surface area contributed by atoms with Crippen LogP contribution >= 0.6 is 0 Å². The first-order chi connectivity index (χ1) is 9.13. The molecule has 0 radical (unpaired) electrons. The lowest BCUT2D eigenvalue weighted by molar-refractivity contribution is 0.0697. The first-order valence-corrected chi connectivity index (χ1v) is 6.00. The summed E-state index contributed by atoms with van der Waals surface area (Å²) in [7, 11) is 0. The Morgan fingerprint density at radius 2 is 1.95 bits per heavy atom. The van der Waals surface area contributed by atoms with Crippen molar-refractivity contribution in [3.63, 3.8) is 0 Å². The Morgan fingerprint density at radius 3 is 2.63 bits per heavy atom. The Hall–Kier alpha value is -2.36. The zero-order valence-electron chi connectivity index (χ0n) is 10.5. The van der Waals surface area contributed by atoms with Crippen molar-refractivity contribution in [3.8, 4) is 0 Å². The Bertz CT molecular complexity index is 611. The third kappa shape index (κ3) is 2.73. The number of halogens is 1. The van der Waals surface area contributed by atoms with E-state index in [1.807, 2.05) is 25.1 Å². The zero-order chi connectivity index (χ0) is 13.8. The second-order valence-corrected chi connectivity index (χ2v) is 4.10. The standard InChI is InChI=1S/C15H14FNO2/c1-2-10-6-3-4-9-13(10)17-14-11(15(18)19)7-5-8-12(14)16/h3-9,17H,2H2,1H3,(H,18,19). The fraction of sp³-hybridized carbons (Fsp3) is 0.133. The summed E-state index contributed by atoms with van der Waals surface area (Å²) in [5.74, 6) is -1.73. The summed E-state index contributed by atoms with van der Waals surface area (Å²) in [5.41, 5.74) is 1.64. The molecule has 0 atom stereocenters. The van der Waals surface area contributed by atoms with E-state index < -0.39 is 11.8 Å². The van der Waals surface area contributed by atoms with Gasteiger partial charge in [-0.3, -0.25) is 0 Å². The zero-order valence-corrected chi connectivity index (χ0v) is 10.5. The van der Waals surface area contributed by atoms with E-state index in [9.17, 15) is 9.18 Å². The second-order valence-electron chi connectivity index (χ2n) is 4.10. The number of benzene rings is 2. The summed E-state index contributed by atoms with van der Waals surface area (Å²) in [6, 6.07) is 11.4. The minimum Gasteiger partial charge on any atom is -0.478 e. The molecule has 3 nitrogen and oxygen atoms in total. The van der Waals surface area contributed by atoms with Gasteiger partial charge in [-0.2, -0.15) is 0 Å². The number of carboxylic acids is 1. The van der Waals surface area contributed by atoms with Gasteiger partial charge in [0.25, 0.3) is 0 Å². The van der Waals surface area contributed by atoms with Crippen LogP contribution in [0, 0.1) is 5.82 Å². The molecule has 0 saturated heterocycles. The van der Waals surface area contributed by atoms with Crippen LogP contribution in [0.3, 0.4) is 0 Å². The number of carboxylic acid groups (broad SMARTS) is 1. The molecular weight excluding hydrogens is 245 g/mol. The van der Waals surface area contributed by atoms with Crippen molar-refractivity contribution < 1.29 is 14.3 Å². The van der Waals surface area contributed by atoms with Gasteiger partial charge in [-0.25, -0.2) is 9.18 Å². The number of aromatic carboxylic acids is 1. The Morgan fingerprint density at radius 1 is 1.21 bits per heavy atom. The summed E-state index contributed by atoms with van der Waals surface area (Å²) in [6.07, 6.45) is 0.778. The third-order valence-electron chi connectivity index (χ3n) is 2.90. The van der Waals surface area contributed by atoms with Crippen LogP contribution in [0.5, 0.6) is 0 Å². The molecule has 98 valence electrons. The summed E-state index contributed by atoms with van der Waals surface area (Å²) < 4.78 is 13.8. The fourth-order valence-corrected chi connectivity index (χ4v) is 1.91. The first-order valence-electron chi connectivity index (χ1n) is 6.00. The lowest BCUT2D eigenvalue weighted by Gasteiger charge is -2.13. The van der Waals surface area contributed by atoms with Gasteiger partial charge in [0.2, 0.25) is 0 Å². The highest BCUT2D eigenvalue weighted by Crippen LogP contribution is 2.26. The minimum absolute atomic E-state index is 0.00380. The monoisotopic (exact) mass is 259 g/mol. The number of nitrogens with one attached hydrogen (secondary N) is 1. The van der Waals surface area contributed by atoms with Gasteiger partial charge in [-0.05, 0) is 30.2 Å². The maximum atomic E-state index is 13.8. The molecule has 2 aromatic carbocycles. The van der Waals surface area contributed by atoms with Crippen LogP contribution in [0.2, 0.25) is 0 Å². The van der Waals surface area contributed by atoms with Gasteiger partial charge in [0.05, 0.1) is 11.3 Å². The third-order valence-corrected chi connectivity index (χ3v) is 2.90. The molecule has 0 fully saturated rings. The van der Waals surface area contributed by atoms with E-state index in [0.717, 1.165) is 17.7 Å². The molecule has 0 aliphatic rings. The van der Waals surface area contributed by atoms with Crippen molar-refractivity contribution >= 4 is 17.3 Å². The largest absolute Gasteiger partial charge is 0.478 e. The van der Waals surface area contributed by atoms with Crippen LogP contribution in [0.25, 0.3) is 0 Å². The van der Waals surface area contributed by atoms with E-state index >= 15 is 0 Å². The van der Waals surface area contributed by atoms with Gasteiger partial charge >= 0.3 is 5.97 Å². The topological polar surface area (TPSA) is 49.3 Å². The molecule has 0 aliphatic carbocycles. The number of aryl methyl sites for hydroxylation is 1. The Balaban J connectivity index is 2.46. The van der Waals surface area contributed by atoms with Crippen LogP contribution in [0.4, 0.5) is 15.8 Å². The molecule has 0 heterocycles. The Kier molecular flexibility index (Phi) is 3.80. The van der Waals surface area contributed by atoms with Crippen molar-refractivity contribution in [1.82, 2.24) is 0 Å². The highest BCUT2D eigenvalue weighted by atomic mass is 19.1. The molecule has 4 heteroatoms. The second kappa shape index (κ2) is 5.52. The lowest BCUT2D eigenvalue weighted by atomic mass is 10.1. The summed E-state index contributed by atoms with van der Waals surface area (Å²) in [4.78, 5) is 11.1. The summed E-state index contributed by atoms with van der Waals surface area (Å²) >= 11 is 0. The van der Waals surface area contributed by atoms with Crippen LogP contribution in [0.15, 0.2) is 42.5 Å². The predicted octanol–water partition coefficient (Wildman–Crippen LogP) is 3.83. The molecule has 2 rings (SSSR count). The molecule has 0 aromatic heterocycles. The van der Waals surface area contributed by atoms with E-state index in [1.54, 1.807) is 6.07 Å². The lowest BCUT2D eigenvalue weighted by Crippen LogP contribution is -2.06. The first kappa shape index (κ1) is 13.1. The van der Waals surface area contributed by atoms with Crippen LogP contribution in [-0.4, -0.2) is 11.1 Å². The van der Waals surface area contributed by atoms with Gasteiger partial charge in [0.15, 0.2) is 0 Å².